The molecule has 0 aliphatic carbocycles. The zero-order chi connectivity index (χ0) is 11.4. The molecular formula is C13H15N3. The molecule has 0 unspecified atom stereocenters. The average Bonchev–Trinajstić information content (AvgIpc) is 2.34. The third-order valence-electron chi connectivity index (χ3n) is 2.61. The molecule has 1 heterocycles. The Kier molecular flexibility index (Phi) is 3.27. The van der Waals surface area contributed by atoms with Gasteiger partial charge in [0.25, 0.3) is 0 Å². The van der Waals surface area contributed by atoms with Gasteiger partial charge in [0.1, 0.15) is 0 Å². The Morgan fingerprint density at radius 2 is 1.81 bits per heavy atom. The summed E-state index contributed by atoms with van der Waals surface area (Å²) in [4.78, 5) is 0. The van der Waals surface area contributed by atoms with E-state index in [1.165, 1.54) is 5.56 Å². The summed E-state index contributed by atoms with van der Waals surface area (Å²) in [6.45, 7) is 2.47. The number of hydrogen-bond acceptors (Lipinski definition) is 3. The van der Waals surface area contributed by atoms with Gasteiger partial charge in [-0.15, -0.1) is 0 Å². The van der Waals surface area contributed by atoms with E-state index in [2.05, 4.69) is 22.3 Å². The van der Waals surface area contributed by atoms with Crippen molar-refractivity contribution in [1.82, 2.24) is 10.2 Å². The summed E-state index contributed by atoms with van der Waals surface area (Å²) >= 11 is 0. The van der Waals surface area contributed by atoms with Crippen molar-refractivity contribution >= 4 is 0 Å². The standard InChI is InChI=1S/C13H15N3/c1-10-7-8-13(16-15-10)12(9-14)11-5-3-2-4-6-11/h2-8,12H,9,14H2,1H3/t12-/m0/s1. The molecule has 0 radical (unpaired) electrons. The molecule has 0 fully saturated rings. The molecule has 2 rings (SSSR count). The van der Waals surface area contributed by atoms with Crippen LogP contribution in [0.2, 0.25) is 0 Å². The second-order valence-corrected chi connectivity index (χ2v) is 3.80. The van der Waals surface area contributed by atoms with Crippen LogP contribution in [-0.2, 0) is 0 Å². The first-order valence-electron chi connectivity index (χ1n) is 5.36. The monoisotopic (exact) mass is 213 g/mol. The van der Waals surface area contributed by atoms with Crippen molar-refractivity contribution in [2.75, 3.05) is 6.54 Å². The molecule has 3 nitrogen and oxygen atoms in total. The van der Waals surface area contributed by atoms with Crippen molar-refractivity contribution in [2.45, 2.75) is 12.8 Å². The largest absolute Gasteiger partial charge is 0.329 e. The summed E-state index contributed by atoms with van der Waals surface area (Å²) in [7, 11) is 0. The molecule has 0 spiro atoms. The minimum absolute atomic E-state index is 0.134. The third-order valence-corrected chi connectivity index (χ3v) is 2.61. The second-order valence-electron chi connectivity index (χ2n) is 3.80. The first-order chi connectivity index (χ1) is 7.81. The molecule has 2 N–H and O–H groups in total. The topological polar surface area (TPSA) is 51.8 Å². The van der Waals surface area contributed by atoms with Crippen molar-refractivity contribution in [3.63, 3.8) is 0 Å². The normalized spacial score (nSPS) is 12.4. The van der Waals surface area contributed by atoms with Crippen LogP contribution in [0.3, 0.4) is 0 Å². The molecule has 0 aliphatic heterocycles. The highest BCUT2D eigenvalue weighted by Crippen LogP contribution is 2.20. The van der Waals surface area contributed by atoms with Gasteiger partial charge in [0.2, 0.25) is 0 Å². The fourth-order valence-corrected chi connectivity index (χ4v) is 1.71. The lowest BCUT2D eigenvalue weighted by molar-refractivity contribution is 0.755. The van der Waals surface area contributed by atoms with E-state index in [0.29, 0.717) is 6.54 Å². The predicted octanol–water partition coefficient (Wildman–Crippen LogP) is 1.88. The summed E-state index contributed by atoms with van der Waals surface area (Å²) < 4.78 is 0. The molecule has 0 bridgehead atoms. The van der Waals surface area contributed by atoms with E-state index >= 15 is 0 Å². The van der Waals surface area contributed by atoms with Crippen molar-refractivity contribution in [3.8, 4) is 0 Å². The molecule has 0 amide bonds. The van der Waals surface area contributed by atoms with Gasteiger partial charge in [-0.3, -0.25) is 0 Å². The van der Waals surface area contributed by atoms with Gasteiger partial charge in [-0.2, -0.15) is 10.2 Å². The molecule has 3 heteroatoms. The van der Waals surface area contributed by atoms with Crippen LogP contribution in [0, 0.1) is 6.92 Å². The number of nitrogens with zero attached hydrogens (tertiary/aromatic N) is 2. The van der Waals surface area contributed by atoms with Crippen molar-refractivity contribution < 1.29 is 0 Å². The van der Waals surface area contributed by atoms with E-state index in [4.69, 9.17) is 5.73 Å². The summed E-state index contributed by atoms with van der Waals surface area (Å²) in [6.07, 6.45) is 0. The number of hydrogen-bond donors (Lipinski definition) is 1. The van der Waals surface area contributed by atoms with E-state index in [0.717, 1.165) is 11.4 Å². The Labute approximate surface area is 95.3 Å². The van der Waals surface area contributed by atoms with Gasteiger partial charge in [-0.1, -0.05) is 30.3 Å². The van der Waals surface area contributed by atoms with Crippen LogP contribution in [0.5, 0.6) is 0 Å². The summed E-state index contributed by atoms with van der Waals surface area (Å²) in [5.74, 6) is 0.134. The first kappa shape index (κ1) is 10.8. The van der Waals surface area contributed by atoms with Crippen LogP contribution in [0.15, 0.2) is 42.5 Å². The van der Waals surface area contributed by atoms with Gasteiger partial charge in [-0.25, -0.2) is 0 Å². The Morgan fingerprint density at radius 1 is 1.06 bits per heavy atom. The number of benzene rings is 1. The highest BCUT2D eigenvalue weighted by Gasteiger charge is 2.13. The van der Waals surface area contributed by atoms with E-state index in [9.17, 15) is 0 Å². The maximum absolute atomic E-state index is 5.81. The lowest BCUT2D eigenvalue weighted by atomic mass is 9.96. The highest BCUT2D eigenvalue weighted by atomic mass is 15.1. The lowest BCUT2D eigenvalue weighted by Crippen LogP contribution is -2.15. The predicted molar refractivity (Wildman–Crippen MR) is 64.1 cm³/mol. The molecule has 1 atom stereocenters. The zero-order valence-electron chi connectivity index (χ0n) is 9.30. The van der Waals surface area contributed by atoms with Gasteiger partial charge in [-0.05, 0) is 24.6 Å². The molecule has 16 heavy (non-hydrogen) atoms. The second kappa shape index (κ2) is 4.86. The number of nitrogens with two attached hydrogens (primary N) is 1. The van der Waals surface area contributed by atoms with E-state index in [1.807, 2.05) is 37.3 Å². The lowest BCUT2D eigenvalue weighted by Gasteiger charge is -2.13. The fraction of sp³-hybridized carbons (Fsp3) is 0.231. The van der Waals surface area contributed by atoms with Crippen LogP contribution in [0.1, 0.15) is 22.9 Å². The minimum Gasteiger partial charge on any atom is -0.329 e. The molecule has 1 aromatic heterocycles. The maximum Gasteiger partial charge on any atom is 0.0718 e. The molecule has 1 aromatic carbocycles. The summed E-state index contributed by atoms with van der Waals surface area (Å²) in [5.41, 5.74) is 8.84. The Balaban J connectivity index is 2.33. The van der Waals surface area contributed by atoms with Crippen LogP contribution in [0.25, 0.3) is 0 Å². The number of aryl methyl sites for hydroxylation is 1. The molecule has 2 aromatic rings. The molecule has 82 valence electrons. The number of rotatable bonds is 3. The maximum atomic E-state index is 5.81. The van der Waals surface area contributed by atoms with Crippen molar-refractivity contribution in [2.24, 2.45) is 5.73 Å². The first-order valence-corrected chi connectivity index (χ1v) is 5.36. The summed E-state index contributed by atoms with van der Waals surface area (Å²) in [6, 6.07) is 14.1. The zero-order valence-corrected chi connectivity index (χ0v) is 9.30. The van der Waals surface area contributed by atoms with Crippen molar-refractivity contribution in [1.29, 1.82) is 0 Å². The van der Waals surface area contributed by atoms with Crippen LogP contribution in [0.4, 0.5) is 0 Å². The van der Waals surface area contributed by atoms with Gasteiger partial charge in [0.05, 0.1) is 11.4 Å². The highest BCUT2D eigenvalue weighted by molar-refractivity contribution is 5.28. The molecule has 0 aliphatic rings. The quantitative estimate of drug-likeness (QED) is 0.846. The van der Waals surface area contributed by atoms with Crippen LogP contribution in [-0.4, -0.2) is 16.7 Å². The van der Waals surface area contributed by atoms with Crippen LogP contribution < -0.4 is 5.73 Å². The van der Waals surface area contributed by atoms with Gasteiger partial charge < -0.3 is 5.73 Å². The van der Waals surface area contributed by atoms with Gasteiger partial charge in [0.15, 0.2) is 0 Å². The van der Waals surface area contributed by atoms with E-state index in [-0.39, 0.29) is 5.92 Å². The molecule has 0 saturated carbocycles. The van der Waals surface area contributed by atoms with E-state index < -0.39 is 0 Å². The Morgan fingerprint density at radius 3 is 2.38 bits per heavy atom. The van der Waals surface area contributed by atoms with Gasteiger partial charge >= 0.3 is 0 Å². The average molecular weight is 213 g/mol. The smallest absolute Gasteiger partial charge is 0.0718 e. The Hall–Kier alpha value is -1.74. The van der Waals surface area contributed by atoms with Crippen molar-refractivity contribution in [3.05, 3.63) is 59.4 Å². The third kappa shape index (κ3) is 2.25. The Bertz CT molecular complexity index is 436. The molecular weight excluding hydrogens is 198 g/mol. The minimum atomic E-state index is 0.134. The SMILES string of the molecule is Cc1ccc([C@@H](CN)c2ccccc2)nn1. The van der Waals surface area contributed by atoms with E-state index in [1.54, 1.807) is 0 Å². The van der Waals surface area contributed by atoms with Gasteiger partial charge in [0, 0.05) is 12.5 Å². The molecule has 0 saturated heterocycles. The van der Waals surface area contributed by atoms with Crippen LogP contribution >= 0.6 is 0 Å². The number of aromatic nitrogens is 2. The summed E-state index contributed by atoms with van der Waals surface area (Å²) in [5, 5.41) is 8.26. The fourth-order valence-electron chi connectivity index (χ4n) is 1.71.